The maximum atomic E-state index is 12.4. The number of carbonyl (C=O) groups excluding carboxylic acids is 2. The third-order valence-electron chi connectivity index (χ3n) is 7.39. The second-order valence-corrected chi connectivity index (χ2v) is 10.6. The van der Waals surface area contributed by atoms with Crippen molar-refractivity contribution in [3.05, 3.63) is 59.7 Å². The van der Waals surface area contributed by atoms with Gasteiger partial charge in [0.05, 0.1) is 0 Å². The van der Waals surface area contributed by atoms with E-state index in [-0.39, 0.29) is 11.5 Å². The molecule has 8 N–H and O–H groups in total. The molecular weight excluding hydrogens is 616 g/mol. The molecule has 248 valence electrons. The number of phenolic OH excluding ortho intramolecular Hbond substituents is 2. The van der Waals surface area contributed by atoms with Crippen LogP contribution >= 0.6 is 0 Å². The summed E-state index contributed by atoms with van der Waals surface area (Å²) in [6, 6.07) is 7.80. The van der Waals surface area contributed by atoms with Crippen LogP contribution in [0.15, 0.2) is 48.6 Å². The van der Waals surface area contributed by atoms with Gasteiger partial charge >= 0.3 is 11.9 Å². The molecule has 46 heavy (non-hydrogen) atoms. The van der Waals surface area contributed by atoms with Gasteiger partial charge in [0.25, 0.3) is 0 Å². The molecule has 2 aromatic rings. The first-order valence-corrected chi connectivity index (χ1v) is 14.0. The number of aliphatic hydroxyl groups is 6. The highest BCUT2D eigenvalue weighted by atomic mass is 16.7. The molecule has 0 amide bonds. The first-order valence-electron chi connectivity index (χ1n) is 14.0. The summed E-state index contributed by atoms with van der Waals surface area (Å²) in [4.78, 5) is 24.7. The van der Waals surface area contributed by atoms with E-state index in [0.717, 1.165) is 12.2 Å². The van der Waals surface area contributed by atoms with Crippen LogP contribution < -0.4 is 9.47 Å². The van der Waals surface area contributed by atoms with Gasteiger partial charge in [0.1, 0.15) is 62.0 Å². The van der Waals surface area contributed by atoms with E-state index in [9.17, 15) is 50.4 Å². The number of aliphatic hydroxyl groups excluding tert-OH is 6. The molecule has 2 fully saturated rings. The minimum Gasteiger partial charge on any atom is -0.504 e. The zero-order valence-corrected chi connectivity index (χ0v) is 23.8. The normalized spacial score (nSPS) is 35.3. The number of aromatic hydroxyl groups is 2. The Bertz CT molecular complexity index is 1370. The molecule has 0 spiro atoms. The molecule has 2 aromatic carbocycles. The fourth-order valence-electron chi connectivity index (χ4n) is 4.78. The topological polar surface area (TPSA) is 251 Å². The quantitative estimate of drug-likeness (QED) is 0.148. The molecular formula is C30H32O16. The fourth-order valence-corrected chi connectivity index (χ4v) is 4.78. The minimum absolute atomic E-state index is 0.192. The van der Waals surface area contributed by atoms with E-state index in [1.165, 1.54) is 48.6 Å². The van der Waals surface area contributed by atoms with Gasteiger partial charge < -0.3 is 69.3 Å². The zero-order valence-electron chi connectivity index (χ0n) is 23.8. The molecule has 8 bridgehead atoms. The van der Waals surface area contributed by atoms with Gasteiger partial charge in [-0.1, -0.05) is 12.1 Å². The SMILES string of the molecule is O=C1/C=C/c2ccc(c(O)c2)O[C@@H]2O[C@H](COC(=O)/C=C/c3ccc(c(O)c3)O[C@@H]3O[C@H](CO1)[C@@H](O)[C@H](O)[C@H]3O)[C@@H](O)[C@H](O)[C@H]2O. The Kier molecular flexibility index (Phi) is 10.1. The standard InChI is InChI=1S/C30H32O16/c31-15-9-13-1-5-17(15)43-29-27(39)25(37)23(35)19(45-29)12-42-22(34)8-4-14-2-6-18(16(32)10-14)44-30-28(40)26(38)24(36)20(46-30)11-41-21(33)7-3-13/h1-10,19-20,23-32,35-40H,11-12H2/b7-3+,8-4+/t19-,20-,23-,24-,25+,26+,27-,28-,29-,30-/m1/s1. The van der Waals surface area contributed by atoms with E-state index in [1.807, 2.05) is 0 Å². The van der Waals surface area contributed by atoms with Gasteiger partial charge in [0.2, 0.25) is 12.6 Å². The third kappa shape index (κ3) is 7.41. The zero-order chi connectivity index (χ0) is 33.1. The molecule has 0 aromatic heterocycles. The molecule has 0 radical (unpaired) electrons. The second-order valence-electron chi connectivity index (χ2n) is 10.6. The highest BCUT2D eigenvalue weighted by molar-refractivity contribution is 5.87. The Labute approximate surface area is 260 Å². The Hall–Kier alpha value is -4.26. The average Bonchev–Trinajstić information content (AvgIpc) is 3.03. The van der Waals surface area contributed by atoms with Crippen LogP contribution in [0.1, 0.15) is 11.1 Å². The molecule has 0 saturated carbocycles. The smallest absolute Gasteiger partial charge is 0.330 e. The van der Waals surface area contributed by atoms with E-state index in [1.54, 1.807) is 0 Å². The predicted molar refractivity (Wildman–Crippen MR) is 151 cm³/mol. The third-order valence-corrected chi connectivity index (χ3v) is 7.39. The maximum absolute atomic E-state index is 12.4. The second kappa shape index (κ2) is 14.0. The van der Waals surface area contributed by atoms with Gasteiger partial charge in [-0.05, 0) is 47.5 Å². The van der Waals surface area contributed by atoms with Gasteiger partial charge in [-0.25, -0.2) is 9.59 Å². The van der Waals surface area contributed by atoms with Crippen molar-refractivity contribution in [3.8, 4) is 23.0 Å². The van der Waals surface area contributed by atoms with Gasteiger partial charge in [0.15, 0.2) is 23.0 Å². The molecule has 6 aliphatic rings. The lowest BCUT2D eigenvalue weighted by molar-refractivity contribution is -0.278. The lowest BCUT2D eigenvalue weighted by Gasteiger charge is -2.39. The summed E-state index contributed by atoms with van der Waals surface area (Å²) < 4.78 is 32.3. The van der Waals surface area contributed by atoms with Crippen LogP contribution in [0.2, 0.25) is 0 Å². The summed E-state index contributed by atoms with van der Waals surface area (Å²) in [5.74, 6) is -3.07. The largest absolute Gasteiger partial charge is 0.504 e. The maximum Gasteiger partial charge on any atom is 0.330 e. The monoisotopic (exact) mass is 648 g/mol. The minimum atomic E-state index is -1.76. The van der Waals surface area contributed by atoms with Crippen molar-refractivity contribution in [1.29, 1.82) is 0 Å². The van der Waals surface area contributed by atoms with E-state index < -0.39 is 98.1 Å². The van der Waals surface area contributed by atoms with Crippen LogP contribution in [-0.2, 0) is 28.5 Å². The Morgan fingerprint density at radius 3 is 1.28 bits per heavy atom. The van der Waals surface area contributed by atoms with Crippen molar-refractivity contribution in [2.24, 2.45) is 0 Å². The number of carbonyl (C=O) groups is 2. The van der Waals surface area contributed by atoms with Crippen LogP contribution in [0, 0.1) is 0 Å². The molecule has 6 aliphatic heterocycles. The number of rotatable bonds is 0. The molecule has 16 heteroatoms. The average molecular weight is 649 g/mol. The van der Waals surface area contributed by atoms with Gasteiger partial charge in [-0.3, -0.25) is 0 Å². The van der Waals surface area contributed by atoms with Crippen LogP contribution in [0.3, 0.4) is 0 Å². The van der Waals surface area contributed by atoms with Crippen molar-refractivity contribution in [3.63, 3.8) is 0 Å². The van der Waals surface area contributed by atoms with E-state index in [2.05, 4.69) is 0 Å². The van der Waals surface area contributed by atoms with Crippen LogP contribution in [0.25, 0.3) is 12.2 Å². The van der Waals surface area contributed by atoms with Crippen molar-refractivity contribution in [2.45, 2.75) is 61.4 Å². The van der Waals surface area contributed by atoms with Gasteiger partial charge in [0, 0.05) is 12.2 Å². The van der Waals surface area contributed by atoms with Crippen molar-refractivity contribution >= 4 is 24.1 Å². The Balaban J connectivity index is 1.40. The molecule has 6 heterocycles. The first kappa shape index (κ1) is 33.1. The van der Waals surface area contributed by atoms with Gasteiger partial charge in [-0.15, -0.1) is 0 Å². The number of phenols is 2. The van der Waals surface area contributed by atoms with Gasteiger partial charge in [-0.2, -0.15) is 0 Å². The number of benzene rings is 2. The van der Waals surface area contributed by atoms with Crippen molar-refractivity contribution < 1.29 is 78.9 Å². The summed E-state index contributed by atoms with van der Waals surface area (Å²) in [6.07, 6.45) is -11.7. The lowest BCUT2D eigenvalue weighted by Crippen LogP contribution is -2.60. The number of ether oxygens (including phenoxy) is 6. The van der Waals surface area contributed by atoms with E-state index in [0.29, 0.717) is 11.1 Å². The molecule has 2 saturated heterocycles. The Morgan fingerprint density at radius 1 is 0.522 bits per heavy atom. The lowest BCUT2D eigenvalue weighted by atomic mass is 9.99. The van der Waals surface area contributed by atoms with Crippen LogP contribution in [0.4, 0.5) is 0 Å². The summed E-state index contributed by atoms with van der Waals surface area (Å²) in [7, 11) is 0. The molecule has 0 aliphatic carbocycles. The number of hydrogen-bond acceptors (Lipinski definition) is 16. The number of esters is 2. The predicted octanol–water partition coefficient (Wildman–Crippen LogP) is -1.70. The summed E-state index contributed by atoms with van der Waals surface area (Å²) in [5.41, 5.74) is 0.599. The van der Waals surface area contributed by atoms with Crippen molar-refractivity contribution in [2.75, 3.05) is 13.2 Å². The van der Waals surface area contributed by atoms with Crippen LogP contribution in [0.5, 0.6) is 23.0 Å². The van der Waals surface area contributed by atoms with Crippen molar-refractivity contribution in [1.82, 2.24) is 0 Å². The highest BCUT2D eigenvalue weighted by Crippen LogP contribution is 2.33. The summed E-state index contributed by atoms with van der Waals surface area (Å²) in [6.45, 7) is -1.13. The van der Waals surface area contributed by atoms with E-state index in [4.69, 9.17) is 28.4 Å². The van der Waals surface area contributed by atoms with E-state index >= 15 is 0 Å². The Morgan fingerprint density at radius 2 is 0.913 bits per heavy atom. The highest BCUT2D eigenvalue weighted by Gasteiger charge is 2.47. The number of hydrogen-bond donors (Lipinski definition) is 8. The molecule has 10 atom stereocenters. The van der Waals surface area contributed by atoms with Crippen LogP contribution in [-0.4, -0.2) is 127 Å². The molecule has 16 nitrogen and oxygen atoms in total. The summed E-state index contributed by atoms with van der Waals surface area (Å²) >= 11 is 0. The first-order chi connectivity index (χ1) is 21.9. The molecule has 8 rings (SSSR count). The molecule has 0 unspecified atom stereocenters. The summed E-state index contributed by atoms with van der Waals surface area (Å²) in [5, 5.41) is 83.1. The fraction of sp³-hybridized carbons (Fsp3) is 0.400.